The van der Waals surface area contributed by atoms with Crippen LogP contribution in [0.5, 0.6) is 5.75 Å². The minimum absolute atomic E-state index is 0.329. The Bertz CT molecular complexity index is 689. The highest BCUT2D eigenvalue weighted by atomic mass is 16.3. The molecule has 1 N–H and O–H groups in total. The summed E-state index contributed by atoms with van der Waals surface area (Å²) in [6.45, 7) is 3.35. The molecule has 0 aromatic heterocycles. The number of aromatic hydroxyl groups is 1. The Morgan fingerprint density at radius 2 is 1.62 bits per heavy atom. The zero-order chi connectivity index (χ0) is 11.1. The van der Waals surface area contributed by atoms with Gasteiger partial charge in [0, 0.05) is 16.3 Å². The van der Waals surface area contributed by atoms with E-state index in [1.54, 1.807) is 0 Å². The van der Waals surface area contributed by atoms with Gasteiger partial charge in [-0.25, -0.2) is 0 Å². The average molecular weight is 212 g/mol. The number of hydrogen-bond donors (Lipinski definition) is 1. The molecule has 16 heavy (non-hydrogen) atoms. The van der Waals surface area contributed by atoms with Crippen molar-refractivity contribution in [2.24, 2.45) is 9.98 Å². The zero-order valence-electron chi connectivity index (χ0n) is 9.07. The van der Waals surface area contributed by atoms with E-state index in [0.717, 1.165) is 33.6 Å². The molecule has 2 aromatic rings. The molecule has 0 spiro atoms. The second-order valence-corrected chi connectivity index (χ2v) is 3.98. The van der Waals surface area contributed by atoms with Gasteiger partial charge in [-0.2, -0.15) is 0 Å². The summed E-state index contributed by atoms with van der Waals surface area (Å²) >= 11 is 0. The third-order valence-electron chi connectivity index (χ3n) is 3.01. The molecule has 1 heterocycles. The quantitative estimate of drug-likeness (QED) is 0.698. The first kappa shape index (κ1) is 9.33. The molecule has 3 rings (SSSR count). The van der Waals surface area contributed by atoms with Crippen molar-refractivity contribution in [2.45, 2.75) is 6.92 Å². The lowest BCUT2D eigenvalue weighted by molar-refractivity contribution is 0.476. The number of fused-ring (bicyclic) bond motifs is 3. The zero-order valence-corrected chi connectivity index (χ0v) is 9.07. The molecular formula is C13H12N2O. The Kier molecular flexibility index (Phi) is 1.93. The molecule has 0 saturated carbocycles. The van der Waals surface area contributed by atoms with Crippen molar-refractivity contribution >= 4 is 10.8 Å². The largest absolute Gasteiger partial charge is 0.507 e. The molecule has 3 heteroatoms. The van der Waals surface area contributed by atoms with Crippen molar-refractivity contribution in [3.8, 4) is 5.75 Å². The van der Waals surface area contributed by atoms with E-state index < -0.39 is 0 Å². The summed E-state index contributed by atoms with van der Waals surface area (Å²) in [5.74, 6) is 0.329. The van der Waals surface area contributed by atoms with E-state index in [2.05, 4.69) is 9.98 Å². The molecular weight excluding hydrogens is 200 g/mol. The number of rotatable bonds is 0. The predicted molar refractivity (Wildman–Crippen MR) is 62.4 cm³/mol. The number of hydrogen-bond acceptors (Lipinski definition) is 3. The summed E-state index contributed by atoms with van der Waals surface area (Å²) in [5.41, 5.74) is 0.831. The molecule has 0 radical (unpaired) electrons. The van der Waals surface area contributed by atoms with Gasteiger partial charge in [0.05, 0.1) is 23.8 Å². The lowest BCUT2D eigenvalue weighted by Gasteiger charge is -2.09. The smallest absolute Gasteiger partial charge is 0.128 e. The number of benzene rings is 2. The lowest BCUT2D eigenvalue weighted by Crippen LogP contribution is -2.33. The van der Waals surface area contributed by atoms with Crippen molar-refractivity contribution in [3.63, 3.8) is 0 Å². The second-order valence-electron chi connectivity index (χ2n) is 3.98. The molecule has 2 aromatic carbocycles. The van der Waals surface area contributed by atoms with Crippen LogP contribution >= 0.6 is 0 Å². The van der Waals surface area contributed by atoms with E-state index in [0.29, 0.717) is 12.3 Å². The minimum atomic E-state index is 0.329. The van der Waals surface area contributed by atoms with Crippen LogP contribution in [-0.2, 0) is 0 Å². The van der Waals surface area contributed by atoms with Crippen LogP contribution in [0.25, 0.3) is 10.8 Å². The van der Waals surface area contributed by atoms with Crippen molar-refractivity contribution in [1.29, 1.82) is 0 Å². The minimum Gasteiger partial charge on any atom is -0.507 e. The highest BCUT2D eigenvalue weighted by molar-refractivity contribution is 5.88. The standard InChI is InChI=1S/C13H12N2O/c1-8-11-12(15-7-6-14-11)9-4-2-3-5-10(9)13(8)16/h2-5,16H,6-7H2,1H3. The van der Waals surface area contributed by atoms with Gasteiger partial charge in [-0.15, -0.1) is 0 Å². The summed E-state index contributed by atoms with van der Waals surface area (Å²) in [5, 5.41) is 13.7. The molecule has 0 saturated heterocycles. The first-order chi connectivity index (χ1) is 7.79. The Morgan fingerprint density at radius 3 is 2.38 bits per heavy atom. The third-order valence-corrected chi connectivity index (χ3v) is 3.01. The topological polar surface area (TPSA) is 45.0 Å². The SMILES string of the molecule is Cc1c(O)c2ccccc2c2c1=NCCN=2. The summed E-state index contributed by atoms with van der Waals surface area (Å²) in [7, 11) is 0. The van der Waals surface area contributed by atoms with E-state index in [9.17, 15) is 5.11 Å². The third kappa shape index (κ3) is 1.14. The van der Waals surface area contributed by atoms with Crippen LogP contribution in [0, 0.1) is 6.92 Å². The van der Waals surface area contributed by atoms with Gasteiger partial charge < -0.3 is 5.11 Å². The van der Waals surface area contributed by atoms with E-state index in [1.807, 2.05) is 31.2 Å². The van der Waals surface area contributed by atoms with Crippen LogP contribution in [0.4, 0.5) is 0 Å². The van der Waals surface area contributed by atoms with Gasteiger partial charge in [-0.05, 0) is 6.92 Å². The fraction of sp³-hybridized carbons (Fsp3) is 0.231. The Morgan fingerprint density at radius 1 is 1.00 bits per heavy atom. The number of nitrogens with zero attached hydrogens (tertiary/aromatic N) is 2. The summed E-state index contributed by atoms with van der Waals surface area (Å²) in [4.78, 5) is 8.97. The van der Waals surface area contributed by atoms with E-state index in [1.165, 1.54) is 0 Å². The van der Waals surface area contributed by atoms with Crippen LogP contribution in [-0.4, -0.2) is 18.2 Å². The average Bonchev–Trinajstić information content (AvgIpc) is 2.36. The fourth-order valence-corrected chi connectivity index (χ4v) is 2.19. The first-order valence-electron chi connectivity index (χ1n) is 5.38. The molecule has 0 atom stereocenters. The normalized spacial score (nSPS) is 14.1. The highest BCUT2D eigenvalue weighted by Gasteiger charge is 2.10. The van der Waals surface area contributed by atoms with E-state index in [4.69, 9.17) is 0 Å². The van der Waals surface area contributed by atoms with Crippen LogP contribution < -0.4 is 10.7 Å². The Hall–Kier alpha value is -1.90. The first-order valence-corrected chi connectivity index (χ1v) is 5.38. The van der Waals surface area contributed by atoms with Gasteiger partial charge in [0.2, 0.25) is 0 Å². The molecule has 3 nitrogen and oxygen atoms in total. The molecule has 0 aliphatic carbocycles. The molecule has 1 aliphatic heterocycles. The highest BCUT2D eigenvalue weighted by Crippen LogP contribution is 2.23. The fourth-order valence-electron chi connectivity index (χ4n) is 2.19. The maximum absolute atomic E-state index is 10.1. The van der Waals surface area contributed by atoms with Crippen molar-refractivity contribution in [1.82, 2.24) is 0 Å². The Balaban J connectivity index is 2.68. The molecule has 0 bridgehead atoms. The molecule has 0 amide bonds. The molecule has 0 fully saturated rings. The van der Waals surface area contributed by atoms with Gasteiger partial charge >= 0.3 is 0 Å². The molecule has 1 aliphatic rings. The second kappa shape index (κ2) is 3.30. The van der Waals surface area contributed by atoms with Crippen molar-refractivity contribution in [3.05, 3.63) is 40.5 Å². The summed E-state index contributed by atoms with van der Waals surface area (Å²) < 4.78 is 0. The van der Waals surface area contributed by atoms with Gasteiger partial charge in [-0.1, -0.05) is 24.3 Å². The van der Waals surface area contributed by atoms with Crippen molar-refractivity contribution < 1.29 is 5.11 Å². The summed E-state index contributed by atoms with van der Waals surface area (Å²) in [6, 6.07) is 7.79. The number of phenols is 1. The van der Waals surface area contributed by atoms with Gasteiger partial charge in [0.1, 0.15) is 5.75 Å². The van der Waals surface area contributed by atoms with Gasteiger partial charge in [0.25, 0.3) is 0 Å². The van der Waals surface area contributed by atoms with Crippen molar-refractivity contribution in [2.75, 3.05) is 13.1 Å². The molecule has 0 unspecified atom stereocenters. The van der Waals surface area contributed by atoms with Crippen LogP contribution in [0.3, 0.4) is 0 Å². The number of phenolic OH excluding ortho intramolecular Hbond substituents is 1. The lowest BCUT2D eigenvalue weighted by atomic mass is 10.0. The van der Waals surface area contributed by atoms with Gasteiger partial charge in [-0.3, -0.25) is 9.98 Å². The summed E-state index contributed by atoms with van der Waals surface area (Å²) in [6.07, 6.45) is 0. The monoisotopic (exact) mass is 212 g/mol. The van der Waals surface area contributed by atoms with Crippen LogP contribution in [0.2, 0.25) is 0 Å². The van der Waals surface area contributed by atoms with Crippen LogP contribution in [0.15, 0.2) is 34.3 Å². The van der Waals surface area contributed by atoms with Crippen LogP contribution in [0.1, 0.15) is 5.56 Å². The maximum Gasteiger partial charge on any atom is 0.128 e. The maximum atomic E-state index is 10.1. The van der Waals surface area contributed by atoms with E-state index >= 15 is 0 Å². The molecule has 80 valence electrons. The predicted octanol–water partition coefficient (Wildman–Crippen LogP) is 1.11. The Labute approximate surface area is 92.8 Å². The van der Waals surface area contributed by atoms with E-state index in [-0.39, 0.29) is 0 Å². The van der Waals surface area contributed by atoms with Gasteiger partial charge in [0.15, 0.2) is 0 Å².